The predicted molar refractivity (Wildman–Crippen MR) is 139 cm³/mol. The van der Waals surface area contributed by atoms with Crippen LogP contribution in [0.4, 0.5) is 10.5 Å². The molecule has 3 saturated heterocycles. The fraction of sp³-hybridized carbons (Fsp3) is 0.643. The first-order chi connectivity index (χ1) is 16.8. The molecular formula is C28H41N5O2. The number of nitrogens with zero attached hydrogens (tertiary/aromatic N) is 5. The van der Waals surface area contributed by atoms with E-state index in [0.717, 1.165) is 58.1 Å². The minimum absolute atomic E-state index is 0.168. The second-order valence-corrected chi connectivity index (χ2v) is 11.6. The average Bonchev–Trinajstić information content (AvgIpc) is 3.52. The van der Waals surface area contributed by atoms with Crippen LogP contribution in [0.25, 0.3) is 11.3 Å². The van der Waals surface area contributed by atoms with Crippen molar-refractivity contribution in [2.24, 2.45) is 11.8 Å². The monoisotopic (exact) mass is 479 g/mol. The normalized spacial score (nSPS) is 23.1. The van der Waals surface area contributed by atoms with Gasteiger partial charge in [-0.1, -0.05) is 12.1 Å². The molecule has 5 rings (SSSR count). The van der Waals surface area contributed by atoms with E-state index in [-0.39, 0.29) is 6.09 Å². The van der Waals surface area contributed by atoms with Crippen molar-refractivity contribution in [1.29, 1.82) is 0 Å². The summed E-state index contributed by atoms with van der Waals surface area (Å²) in [6, 6.07) is 8.95. The molecular weight excluding hydrogens is 438 g/mol. The first kappa shape index (κ1) is 24.2. The molecule has 2 atom stereocenters. The van der Waals surface area contributed by atoms with Crippen LogP contribution in [0.1, 0.15) is 52.5 Å². The SMILES string of the molecule is CCn1cc(CN2CC3CN(C(=O)OC(C)(C)C)CC3C2)c(-c2cccc(N3CCCCC3)c2)n1. The van der Waals surface area contributed by atoms with Crippen LogP contribution in [0.2, 0.25) is 0 Å². The van der Waals surface area contributed by atoms with Gasteiger partial charge in [0.25, 0.3) is 0 Å². The minimum Gasteiger partial charge on any atom is -0.444 e. The summed E-state index contributed by atoms with van der Waals surface area (Å²) in [5.41, 5.74) is 4.50. The molecule has 3 aliphatic heterocycles. The number of piperidine rings is 1. The van der Waals surface area contributed by atoms with Crippen LogP contribution in [-0.2, 0) is 17.8 Å². The van der Waals surface area contributed by atoms with Crippen molar-refractivity contribution < 1.29 is 9.53 Å². The van der Waals surface area contributed by atoms with Gasteiger partial charge in [-0.05, 0) is 70.9 Å². The number of rotatable bonds is 5. The number of carbonyl (C=O) groups excluding carboxylic acids is 1. The zero-order chi connectivity index (χ0) is 24.6. The number of fused-ring (bicyclic) bond motifs is 1. The first-order valence-electron chi connectivity index (χ1n) is 13.4. The number of aromatic nitrogens is 2. The van der Waals surface area contributed by atoms with Gasteiger partial charge < -0.3 is 14.5 Å². The van der Waals surface area contributed by atoms with Crippen LogP contribution in [0, 0.1) is 11.8 Å². The average molecular weight is 480 g/mol. The third-order valence-corrected chi connectivity index (χ3v) is 7.61. The predicted octanol–water partition coefficient (Wildman–Crippen LogP) is 4.86. The highest BCUT2D eigenvalue weighted by molar-refractivity contribution is 5.69. The summed E-state index contributed by atoms with van der Waals surface area (Å²) in [5.74, 6) is 1.05. The highest BCUT2D eigenvalue weighted by Gasteiger charge is 2.42. The van der Waals surface area contributed by atoms with Gasteiger partial charge >= 0.3 is 6.09 Å². The Kier molecular flexibility index (Phi) is 6.80. The summed E-state index contributed by atoms with van der Waals surface area (Å²) < 4.78 is 7.67. The first-order valence-corrected chi connectivity index (χ1v) is 13.4. The lowest BCUT2D eigenvalue weighted by Crippen LogP contribution is -2.37. The topological polar surface area (TPSA) is 53.8 Å². The van der Waals surface area contributed by atoms with Gasteiger partial charge in [-0.2, -0.15) is 5.10 Å². The van der Waals surface area contributed by atoms with E-state index in [1.807, 2.05) is 25.7 Å². The maximum absolute atomic E-state index is 12.5. The molecule has 3 aliphatic rings. The largest absolute Gasteiger partial charge is 0.444 e. The van der Waals surface area contributed by atoms with Crippen LogP contribution >= 0.6 is 0 Å². The Balaban J connectivity index is 1.27. The molecule has 0 bridgehead atoms. The lowest BCUT2D eigenvalue weighted by molar-refractivity contribution is 0.0274. The zero-order valence-electron chi connectivity index (χ0n) is 21.9. The van der Waals surface area contributed by atoms with E-state index in [0.29, 0.717) is 11.8 Å². The van der Waals surface area contributed by atoms with E-state index in [9.17, 15) is 4.79 Å². The van der Waals surface area contributed by atoms with Crippen molar-refractivity contribution in [3.63, 3.8) is 0 Å². The molecule has 35 heavy (non-hydrogen) atoms. The highest BCUT2D eigenvalue weighted by atomic mass is 16.6. The van der Waals surface area contributed by atoms with Crippen LogP contribution in [0.3, 0.4) is 0 Å². The second-order valence-electron chi connectivity index (χ2n) is 11.6. The molecule has 7 nitrogen and oxygen atoms in total. The number of hydrogen-bond donors (Lipinski definition) is 0. The summed E-state index contributed by atoms with van der Waals surface area (Å²) in [7, 11) is 0. The van der Waals surface area contributed by atoms with Gasteiger partial charge in [0.1, 0.15) is 5.60 Å². The molecule has 0 aliphatic carbocycles. The molecule has 4 heterocycles. The maximum atomic E-state index is 12.5. The van der Waals surface area contributed by atoms with Gasteiger partial charge in [0.05, 0.1) is 5.69 Å². The summed E-state index contributed by atoms with van der Waals surface area (Å²) in [4.78, 5) is 19.5. The third kappa shape index (κ3) is 5.50. The van der Waals surface area contributed by atoms with E-state index < -0.39 is 5.60 Å². The summed E-state index contributed by atoms with van der Waals surface area (Å²) in [6.07, 6.45) is 5.96. The quantitative estimate of drug-likeness (QED) is 0.613. The van der Waals surface area contributed by atoms with Crippen LogP contribution in [-0.4, -0.2) is 70.5 Å². The lowest BCUT2D eigenvalue weighted by Gasteiger charge is -2.29. The Bertz CT molecular complexity index is 1020. The molecule has 1 aromatic heterocycles. The maximum Gasteiger partial charge on any atom is 0.410 e. The van der Waals surface area contributed by atoms with Gasteiger partial charge in [-0.3, -0.25) is 9.58 Å². The Morgan fingerprint density at radius 2 is 1.77 bits per heavy atom. The fourth-order valence-electron chi connectivity index (χ4n) is 5.92. The van der Waals surface area contributed by atoms with Gasteiger partial charge in [-0.25, -0.2) is 4.79 Å². The van der Waals surface area contributed by atoms with Gasteiger partial charge in [0, 0.05) is 75.4 Å². The number of amides is 1. The number of benzene rings is 1. The molecule has 1 amide bonds. The Labute approximate surface area is 210 Å². The van der Waals surface area contributed by atoms with E-state index in [2.05, 4.69) is 51.9 Å². The van der Waals surface area contributed by atoms with Crippen molar-refractivity contribution in [2.45, 2.75) is 65.6 Å². The molecule has 2 aromatic rings. The van der Waals surface area contributed by atoms with Gasteiger partial charge in [0.15, 0.2) is 0 Å². The molecule has 0 N–H and O–H groups in total. The summed E-state index contributed by atoms with van der Waals surface area (Å²) in [5, 5.41) is 4.97. The molecule has 0 radical (unpaired) electrons. The van der Waals surface area contributed by atoms with Crippen molar-refractivity contribution in [3.05, 3.63) is 36.0 Å². The lowest BCUT2D eigenvalue weighted by atomic mass is 10.0. The molecule has 2 unspecified atom stereocenters. The second kappa shape index (κ2) is 9.84. The standard InChI is InChI=1S/C28H41N5O2/c1-5-33-20-24(26(29-33)21-10-9-11-25(14-21)31-12-7-6-8-13-31)17-30-15-22-18-32(19-23(22)16-30)27(34)35-28(2,3)4/h9-11,14,20,22-23H,5-8,12-13,15-19H2,1-4H3. The van der Waals surface area contributed by atoms with Crippen LogP contribution in [0.5, 0.6) is 0 Å². The van der Waals surface area contributed by atoms with E-state index in [1.165, 1.54) is 36.1 Å². The summed E-state index contributed by atoms with van der Waals surface area (Å²) in [6.45, 7) is 15.7. The number of ether oxygens (including phenoxy) is 1. The fourth-order valence-corrected chi connectivity index (χ4v) is 5.92. The van der Waals surface area contributed by atoms with Crippen LogP contribution in [0.15, 0.2) is 30.5 Å². The smallest absolute Gasteiger partial charge is 0.410 e. The Hall–Kier alpha value is -2.54. The number of anilines is 1. The number of hydrogen-bond acceptors (Lipinski definition) is 5. The van der Waals surface area contributed by atoms with Crippen molar-refractivity contribution >= 4 is 11.8 Å². The van der Waals surface area contributed by atoms with Gasteiger partial charge in [-0.15, -0.1) is 0 Å². The Morgan fingerprint density at radius 3 is 2.43 bits per heavy atom. The number of aryl methyl sites for hydroxylation is 1. The number of carbonyl (C=O) groups is 1. The summed E-state index contributed by atoms with van der Waals surface area (Å²) >= 11 is 0. The van der Waals surface area contributed by atoms with Crippen molar-refractivity contribution in [2.75, 3.05) is 44.2 Å². The van der Waals surface area contributed by atoms with E-state index >= 15 is 0 Å². The van der Waals surface area contributed by atoms with E-state index in [4.69, 9.17) is 9.84 Å². The molecule has 0 saturated carbocycles. The van der Waals surface area contributed by atoms with E-state index in [1.54, 1.807) is 0 Å². The van der Waals surface area contributed by atoms with Gasteiger partial charge in [0.2, 0.25) is 0 Å². The number of likely N-dealkylation sites (tertiary alicyclic amines) is 2. The molecule has 190 valence electrons. The third-order valence-electron chi connectivity index (χ3n) is 7.61. The minimum atomic E-state index is -0.443. The van der Waals surface area contributed by atoms with Crippen molar-refractivity contribution in [1.82, 2.24) is 19.6 Å². The molecule has 1 aromatic carbocycles. The Morgan fingerprint density at radius 1 is 1.06 bits per heavy atom. The molecule has 3 fully saturated rings. The van der Waals surface area contributed by atoms with Crippen LogP contribution < -0.4 is 4.90 Å². The van der Waals surface area contributed by atoms with Crippen molar-refractivity contribution in [3.8, 4) is 11.3 Å². The molecule has 7 heteroatoms. The highest BCUT2D eigenvalue weighted by Crippen LogP contribution is 2.34. The zero-order valence-corrected chi connectivity index (χ0v) is 21.9. The molecule has 0 spiro atoms.